The maximum absolute atomic E-state index is 11.7. The second-order valence-electron chi connectivity index (χ2n) is 5.06. The lowest BCUT2D eigenvalue weighted by atomic mass is 10.1. The van der Waals surface area contributed by atoms with Crippen LogP contribution < -0.4 is 10.6 Å². The Hall–Kier alpha value is -2.04. The Bertz CT molecular complexity index is 455. The van der Waals surface area contributed by atoms with Crippen LogP contribution in [0.25, 0.3) is 0 Å². The molecule has 0 radical (unpaired) electrons. The van der Waals surface area contributed by atoms with Crippen molar-refractivity contribution in [2.24, 2.45) is 5.92 Å². The number of nitrogens with one attached hydrogen (secondary N) is 2. The molecule has 0 aliphatic rings. The summed E-state index contributed by atoms with van der Waals surface area (Å²) in [6.07, 6.45) is 0.975. The number of hydrogen-bond acceptors (Lipinski definition) is 2. The second kappa shape index (κ2) is 7.53. The van der Waals surface area contributed by atoms with Gasteiger partial charge in [0.1, 0.15) is 6.04 Å². The van der Waals surface area contributed by atoms with E-state index in [4.69, 9.17) is 5.11 Å². The molecule has 0 spiro atoms. The van der Waals surface area contributed by atoms with Crippen molar-refractivity contribution in [1.29, 1.82) is 0 Å². The number of hydrogen-bond donors (Lipinski definition) is 3. The zero-order chi connectivity index (χ0) is 15.1. The number of carbonyl (C=O) groups is 2. The molecule has 0 heterocycles. The van der Waals surface area contributed by atoms with Crippen molar-refractivity contribution >= 4 is 12.0 Å². The molecule has 0 bridgehead atoms. The van der Waals surface area contributed by atoms with Crippen molar-refractivity contribution in [1.82, 2.24) is 10.6 Å². The fourth-order valence-corrected chi connectivity index (χ4v) is 1.78. The molecule has 110 valence electrons. The molecular formula is C15H22N2O3. The van der Waals surface area contributed by atoms with Gasteiger partial charge in [-0.05, 0) is 23.5 Å². The lowest BCUT2D eigenvalue weighted by Crippen LogP contribution is -2.48. The highest BCUT2D eigenvalue weighted by atomic mass is 16.4. The van der Waals surface area contributed by atoms with Gasteiger partial charge in [0, 0.05) is 6.54 Å². The van der Waals surface area contributed by atoms with Gasteiger partial charge in [0.05, 0.1) is 0 Å². The van der Waals surface area contributed by atoms with E-state index < -0.39 is 18.0 Å². The van der Waals surface area contributed by atoms with E-state index >= 15 is 0 Å². The Balaban J connectivity index is 2.47. The summed E-state index contributed by atoms with van der Waals surface area (Å²) in [5.74, 6) is -1.19. The summed E-state index contributed by atoms with van der Waals surface area (Å²) in [6.45, 7) is 5.96. The van der Waals surface area contributed by atoms with Crippen molar-refractivity contribution in [3.05, 3.63) is 35.4 Å². The minimum Gasteiger partial charge on any atom is -0.480 e. The number of aliphatic carboxylic acids is 1. The quantitative estimate of drug-likeness (QED) is 0.746. The van der Waals surface area contributed by atoms with Gasteiger partial charge in [-0.1, -0.05) is 45.0 Å². The van der Waals surface area contributed by atoms with Crippen molar-refractivity contribution in [2.75, 3.05) is 0 Å². The van der Waals surface area contributed by atoms with Crippen LogP contribution in [-0.4, -0.2) is 23.1 Å². The summed E-state index contributed by atoms with van der Waals surface area (Å²) in [7, 11) is 0. The molecule has 0 aliphatic heterocycles. The summed E-state index contributed by atoms with van der Waals surface area (Å²) in [4.78, 5) is 22.7. The lowest BCUT2D eigenvalue weighted by Gasteiger charge is -2.18. The molecule has 0 unspecified atom stereocenters. The minimum atomic E-state index is -1.03. The number of urea groups is 1. The number of aryl methyl sites for hydroxylation is 1. The van der Waals surface area contributed by atoms with E-state index in [1.54, 1.807) is 13.8 Å². The number of carboxylic acids is 1. The monoisotopic (exact) mass is 278 g/mol. The Morgan fingerprint density at radius 1 is 1.15 bits per heavy atom. The fourth-order valence-electron chi connectivity index (χ4n) is 1.78. The van der Waals surface area contributed by atoms with Crippen LogP contribution in [0.3, 0.4) is 0 Å². The Morgan fingerprint density at radius 3 is 2.15 bits per heavy atom. The Morgan fingerprint density at radius 2 is 1.70 bits per heavy atom. The third-order valence-electron chi connectivity index (χ3n) is 3.10. The van der Waals surface area contributed by atoms with Crippen LogP contribution in [0.15, 0.2) is 24.3 Å². The summed E-state index contributed by atoms with van der Waals surface area (Å²) in [5.41, 5.74) is 2.22. The molecular weight excluding hydrogens is 256 g/mol. The third-order valence-corrected chi connectivity index (χ3v) is 3.10. The van der Waals surface area contributed by atoms with E-state index in [1.807, 2.05) is 24.3 Å². The van der Waals surface area contributed by atoms with Gasteiger partial charge >= 0.3 is 12.0 Å². The molecule has 0 fully saturated rings. The van der Waals surface area contributed by atoms with Gasteiger partial charge in [0.15, 0.2) is 0 Å². The first-order chi connectivity index (χ1) is 9.43. The highest BCUT2D eigenvalue weighted by Crippen LogP contribution is 2.05. The average molecular weight is 278 g/mol. The van der Waals surface area contributed by atoms with Crippen molar-refractivity contribution in [2.45, 2.75) is 39.8 Å². The molecule has 0 aromatic heterocycles. The number of amides is 2. The molecule has 2 amide bonds. The molecule has 0 saturated heterocycles. The largest absolute Gasteiger partial charge is 0.480 e. The number of benzene rings is 1. The van der Waals surface area contributed by atoms with Gasteiger partial charge in [-0.3, -0.25) is 0 Å². The average Bonchev–Trinajstić information content (AvgIpc) is 2.42. The maximum atomic E-state index is 11.7. The highest BCUT2D eigenvalue weighted by Gasteiger charge is 2.23. The molecule has 5 nitrogen and oxygen atoms in total. The van der Waals surface area contributed by atoms with Gasteiger partial charge in [0.2, 0.25) is 0 Å². The van der Waals surface area contributed by atoms with E-state index in [0.717, 1.165) is 12.0 Å². The number of carbonyl (C=O) groups excluding carboxylic acids is 1. The normalized spacial score (nSPS) is 12.0. The molecule has 1 aromatic carbocycles. The second-order valence-corrected chi connectivity index (χ2v) is 5.06. The van der Waals surface area contributed by atoms with Gasteiger partial charge in [-0.25, -0.2) is 9.59 Å². The maximum Gasteiger partial charge on any atom is 0.326 e. The predicted octanol–water partition coefficient (Wildman–Crippen LogP) is 2.16. The van der Waals surface area contributed by atoms with E-state index in [0.29, 0.717) is 6.54 Å². The summed E-state index contributed by atoms with van der Waals surface area (Å²) < 4.78 is 0. The third kappa shape index (κ3) is 4.91. The van der Waals surface area contributed by atoms with E-state index in [9.17, 15) is 9.59 Å². The van der Waals surface area contributed by atoms with Crippen molar-refractivity contribution < 1.29 is 14.7 Å². The van der Waals surface area contributed by atoms with Crippen LogP contribution in [0.5, 0.6) is 0 Å². The molecule has 1 atom stereocenters. The highest BCUT2D eigenvalue weighted by molar-refractivity contribution is 5.82. The van der Waals surface area contributed by atoms with Crippen LogP contribution in [0.4, 0.5) is 4.79 Å². The van der Waals surface area contributed by atoms with E-state index in [-0.39, 0.29) is 5.92 Å². The summed E-state index contributed by atoms with van der Waals surface area (Å²) in [6, 6.07) is 6.60. The fraction of sp³-hybridized carbons (Fsp3) is 0.467. The Labute approximate surface area is 119 Å². The topological polar surface area (TPSA) is 78.4 Å². The molecule has 5 heteroatoms. The number of rotatable bonds is 6. The van der Waals surface area contributed by atoms with Gasteiger partial charge in [0.25, 0.3) is 0 Å². The van der Waals surface area contributed by atoms with Crippen molar-refractivity contribution in [3.8, 4) is 0 Å². The molecule has 1 rings (SSSR count). The minimum absolute atomic E-state index is 0.165. The van der Waals surface area contributed by atoms with Crippen LogP contribution in [0.2, 0.25) is 0 Å². The van der Waals surface area contributed by atoms with Gasteiger partial charge < -0.3 is 15.7 Å². The van der Waals surface area contributed by atoms with Crippen LogP contribution >= 0.6 is 0 Å². The molecule has 0 aliphatic carbocycles. The van der Waals surface area contributed by atoms with Gasteiger partial charge in [-0.2, -0.15) is 0 Å². The predicted molar refractivity (Wildman–Crippen MR) is 77.5 cm³/mol. The molecule has 1 aromatic rings. The van der Waals surface area contributed by atoms with Crippen molar-refractivity contribution in [3.63, 3.8) is 0 Å². The first-order valence-electron chi connectivity index (χ1n) is 6.79. The first-order valence-corrected chi connectivity index (χ1v) is 6.79. The lowest BCUT2D eigenvalue weighted by molar-refractivity contribution is -0.140. The molecule has 20 heavy (non-hydrogen) atoms. The standard InChI is InChI=1S/C15H22N2O3/c1-4-11-5-7-12(8-6-11)9-16-15(20)17-13(10(2)3)14(18)19/h5-8,10,13H,4,9H2,1-3H3,(H,18,19)(H2,16,17,20)/t13-/m1/s1. The molecule has 3 N–H and O–H groups in total. The smallest absolute Gasteiger partial charge is 0.326 e. The van der Waals surface area contributed by atoms with E-state index in [2.05, 4.69) is 17.6 Å². The molecule has 0 saturated carbocycles. The summed E-state index contributed by atoms with van der Waals surface area (Å²) in [5, 5.41) is 14.1. The number of carboxylic acid groups (broad SMARTS) is 1. The Kier molecular flexibility index (Phi) is 6.03. The summed E-state index contributed by atoms with van der Waals surface area (Å²) >= 11 is 0. The van der Waals surface area contributed by atoms with Crippen LogP contribution in [0, 0.1) is 5.92 Å². The SMILES string of the molecule is CCc1ccc(CNC(=O)N[C@@H](C(=O)O)C(C)C)cc1. The van der Waals surface area contributed by atoms with E-state index in [1.165, 1.54) is 5.56 Å². The van der Waals surface area contributed by atoms with Gasteiger partial charge in [-0.15, -0.1) is 0 Å². The van der Waals surface area contributed by atoms with Crippen LogP contribution in [-0.2, 0) is 17.8 Å². The zero-order valence-corrected chi connectivity index (χ0v) is 12.1. The van der Waals surface area contributed by atoms with Crippen LogP contribution in [0.1, 0.15) is 31.9 Å². The first kappa shape index (κ1) is 16.0. The zero-order valence-electron chi connectivity index (χ0n) is 12.1.